The Kier molecular flexibility index (Phi) is 3.41. The van der Waals surface area contributed by atoms with Crippen molar-refractivity contribution in [1.29, 1.82) is 0 Å². The van der Waals surface area contributed by atoms with Gasteiger partial charge in [0.2, 0.25) is 0 Å². The number of nitrogens with two attached hydrogens (primary N) is 1. The van der Waals surface area contributed by atoms with Gasteiger partial charge in [-0.25, -0.2) is 4.39 Å². The van der Waals surface area contributed by atoms with Gasteiger partial charge in [0.15, 0.2) is 0 Å². The lowest BCUT2D eigenvalue weighted by molar-refractivity contribution is -0.144. The summed E-state index contributed by atoms with van der Waals surface area (Å²) in [6.07, 6.45) is 0.334. The van der Waals surface area contributed by atoms with Crippen LogP contribution in [0.5, 0.6) is 5.75 Å². The van der Waals surface area contributed by atoms with E-state index in [4.69, 9.17) is 5.11 Å². The highest BCUT2D eigenvalue weighted by Gasteiger charge is 2.04. The van der Waals surface area contributed by atoms with Crippen molar-refractivity contribution in [3.05, 3.63) is 29.6 Å². The molecule has 0 saturated heterocycles. The summed E-state index contributed by atoms with van der Waals surface area (Å²) in [5.41, 5.74) is 0.521. The molecule has 0 spiro atoms. The van der Waals surface area contributed by atoms with E-state index in [9.17, 15) is 9.18 Å². The van der Waals surface area contributed by atoms with Crippen molar-refractivity contribution < 1.29 is 19.1 Å². The molecule has 0 fully saturated rings. The third kappa shape index (κ3) is 3.02. The van der Waals surface area contributed by atoms with Crippen LogP contribution in [0.1, 0.15) is 12.0 Å². The topological polar surface area (TPSA) is 72.5 Å². The Morgan fingerprint density at radius 2 is 2.21 bits per heavy atom. The molecule has 0 saturated carbocycles. The fourth-order valence-electron chi connectivity index (χ4n) is 1.08. The smallest absolute Gasteiger partial charge is 0.324 e. The van der Waals surface area contributed by atoms with Gasteiger partial charge >= 0.3 is 5.97 Å². The number of carbonyl (C=O) groups excluding carboxylic acids is 1. The molecule has 14 heavy (non-hydrogen) atoms. The molecule has 0 bridgehead atoms. The number of carbonyl (C=O) groups is 1. The molecule has 1 aromatic rings. The second-order valence-corrected chi connectivity index (χ2v) is 2.81. The maximum Gasteiger partial charge on any atom is 0.324 e. The molecule has 0 amide bonds. The van der Waals surface area contributed by atoms with Gasteiger partial charge in [-0.05, 0) is 24.1 Å². The van der Waals surface area contributed by atoms with Crippen molar-refractivity contribution in [3.63, 3.8) is 0 Å². The van der Waals surface area contributed by atoms with Crippen LogP contribution in [0.15, 0.2) is 18.2 Å². The third-order valence-corrected chi connectivity index (χ3v) is 1.69. The number of rotatable bonds is 3. The molecule has 0 aliphatic carbocycles. The standard InChI is InChI=1S/C9H10FNO3/c10-7-3-6(4-8(12)5-7)1-2-9(13)14-11/h3-5,12H,1-2,11H2. The zero-order valence-electron chi connectivity index (χ0n) is 7.37. The Morgan fingerprint density at radius 1 is 1.50 bits per heavy atom. The van der Waals surface area contributed by atoms with E-state index in [-0.39, 0.29) is 18.6 Å². The molecule has 0 unspecified atom stereocenters. The number of benzene rings is 1. The van der Waals surface area contributed by atoms with Crippen LogP contribution < -0.4 is 5.90 Å². The maximum absolute atomic E-state index is 12.7. The Balaban J connectivity index is 2.63. The number of aromatic hydroxyl groups is 1. The van der Waals surface area contributed by atoms with E-state index in [2.05, 4.69) is 10.7 Å². The Labute approximate surface area is 80.1 Å². The van der Waals surface area contributed by atoms with Gasteiger partial charge in [0.05, 0.1) is 6.42 Å². The summed E-state index contributed by atoms with van der Waals surface area (Å²) in [4.78, 5) is 14.6. The molecule has 1 aromatic carbocycles. The molecule has 0 aromatic heterocycles. The fraction of sp³-hybridized carbons (Fsp3) is 0.222. The van der Waals surface area contributed by atoms with Crippen LogP contribution in [0.2, 0.25) is 0 Å². The molecule has 4 nitrogen and oxygen atoms in total. The van der Waals surface area contributed by atoms with Crippen molar-refractivity contribution in [3.8, 4) is 5.75 Å². The van der Waals surface area contributed by atoms with E-state index in [1.54, 1.807) is 0 Å². The average Bonchev–Trinajstić information content (AvgIpc) is 2.12. The molecule has 5 heteroatoms. The first-order valence-corrected chi connectivity index (χ1v) is 4.00. The number of phenols is 1. The normalized spacial score (nSPS) is 9.86. The second-order valence-electron chi connectivity index (χ2n) is 2.81. The molecular weight excluding hydrogens is 189 g/mol. The number of hydrogen-bond acceptors (Lipinski definition) is 4. The van der Waals surface area contributed by atoms with Crippen LogP contribution in [0.3, 0.4) is 0 Å². The number of hydrogen-bond donors (Lipinski definition) is 2. The van der Waals surface area contributed by atoms with Crippen molar-refractivity contribution in [2.45, 2.75) is 12.8 Å². The van der Waals surface area contributed by atoms with Crippen molar-refractivity contribution in [1.82, 2.24) is 0 Å². The predicted octanol–water partition coefficient (Wildman–Crippen LogP) is 0.881. The van der Waals surface area contributed by atoms with E-state index in [0.29, 0.717) is 5.56 Å². The number of halogens is 1. The van der Waals surface area contributed by atoms with Crippen LogP contribution in [-0.2, 0) is 16.1 Å². The molecule has 0 heterocycles. The lowest BCUT2D eigenvalue weighted by atomic mass is 10.1. The van der Waals surface area contributed by atoms with Crippen molar-refractivity contribution >= 4 is 5.97 Å². The lowest BCUT2D eigenvalue weighted by Gasteiger charge is -2.01. The largest absolute Gasteiger partial charge is 0.508 e. The van der Waals surface area contributed by atoms with Crippen LogP contribution in [0, 0.1) is 5.82 Å². The molecule has 1 rings (SSSR count). The summed E-state index contributed by atoms with van der Waals surface area (Å²) in [6, 6.07) is 3.61. The number of phenolic OH excluding ortho intramolecular Hbond substituents is 1. The van der Waals surface area contributed by atoms with E-state index in [0.717, 1.165) is 6.07 Å². The predicted molar refractivity (Wildman–Crippen MR) is 46.7 cm³/mol. The van der Waals surface area contributed by atoms with Crippen LogP contribution >= 0.6 is 0 Å². The van der Waals surface area contributed by atoms with Gasteiger partial charge in [-0.2, -0.15) is 5.90 Å². The second kappa shape index (κ2) is 4.57. The van der Waals surface area contributed by atoms with Crippen molar-refractivity contribution in [2.75, 3.05) is 0 Å². The molecule has 0 aliphatic rings. The van der Waals surface area contributed by atoms with Crippen LogP contribution in [0.25, 0.3) is 0 Å². The Morgan fingerprint density at radius 3 is 2.79 bits per heavy atom. The van der Waals surface area contributed by atoms with Gasteiger partial charge in [0.25, 0.3) is 0 Å². The minimum absolute atomic E-state index is 0.0550. The molecule has 3 N–H and O–H groups in total. The highest BCUT2D eigenvalue weighted by atomic mass is 19.1. The highest BCUT2D eigenvalue weighted by molar-refractivity contribution is 5.69. The summed E-state index contributed by atoms with van der Waals surface area (Å²) < 4.78 is 12.7. The van der Waals surface area contributed by atoms with Crippen LogP contribution in [0.4, 0.5) is 4.39 Å². The first kappa shape index (κ1) is 10.5. The molecular formula is C9H10FNO3. The van der Waals surface area contributed by atoms with E-state index >= 15 is 0 Å². The highest BCUT2D eigenvalue weighted by Crippen LogP contribution is 2.15. The van der Waals surface area contributed by atoms with Gasteiger partial charge in [-0.1, -0.05) is 0 Å². The first-order chi connectivity index (χ1) is 6.61. The van der Waals surface area contributed by atoms with Crippen molar-refractivity contribution in [2.24, 2.45) is 5.90 Å². The third-order valence-electron chi connectivity index (χ3n) is 1.69. The minimum Gasteiger partial charge on any atom is -0.508 e. The lowest BCUT2D eigenvalue weighted by Crippen LogP contribution is -2.10. The molecule has 0 aliphatic heterocycles. The minimum atomic E-state index is -0.575. The quantitative estimate of drug-likeness (QED) is 0.709. The van der Waals surface area contributed by atoms with Gasteiger partial charge < -0.3 is 9.94 Å². The SMILES string of the molecule is NOC(=O)CCc1cc(O)cc(F)c1. The van der Waals surface area contributed by atoms with Gasteiger partial charge in [0, 0.05) is 6.07 Å². The molecule has 76 valence electrons. The monoisotopic (exact) mass is 199 g/mol. The summed E-state index contributed by atoms with van der Waals surface area (Å²) in [6.45, 7) is 0. The van der Waals surface area contributed by atoms with Gasteiger partial charge in [0.1, 0.15) is 11.6 Å². The summed E-state index contributed by atoms with van der Waals surface area (Å²) in [5.74, 6) is 3.34. The van der Waals surface area contributed by atoms with Gasteiger partial charge in [-0.15, -0.1) is 0 Å². The summed E-state index contributed by atoms with van der Waals surface area (Å²) in [5, 5.41) is 9.04. The zero-order valence-corrected chi connectivity index (χ0v) is 7.37. The van der Waals surface area contributed by atoms with E-state index in [1.165, 1.54) is 12.1 Å². The van der Waals surface area contributed by atoms with E-state index < -0.39 is 11.8 Å². The Hall–Kier alpha value is -1.62. The average molecular weight is 199 g/mol. The summed E-state index contributed by atoms with van der Waals surface area (Å²) in [7, 11) is 0. The molecule has 0 atom stereocenters. The number of aryl methyl sites for hydroxylation is 1. The first-order valence-electron chi connectivity index (χ1n) is 4.00. The summed E-state index contributed by atoms with van der Waals surface area (Å²) >= 11 is 0. The maximum atomic E-state index is 12.7. The zero-order chi connectivity index (χ0) is 10.6. The fourth-order valence-corrected chi connectivity index (χ4v) is 1.08. The van der Waals surface area contributed by atoms with E-state index in [1.807, 2.05) is 0 Å². The molecule has 0 radical (unpaired) electrons. The Bertz CT molecular complexity index is 321. The van der Waals surface area contributed by atoms with Gasteiger partial charge in [-0.3, -0.25) is 4.79 Å². The van der Waals surface area contributed by atoms with Crippen LogP contribution in [-0.4, -0.2) is 11.1 Å².